The van der Waals surface area contributed by atoms with Crippen molar-refractivity contribution < 1.29 is 34.6 Å². The number of phenols is 1. The Labute approximate surface area is 194 Å². The molecular weight excluding hydrogens is 416 g/mol. The lowest BCUT2D eigenvalue weighted by Crippen LogP contribution is -2.71. The fraction of sp³-hybridized carbons (Fsp3) is 0.652. The zero-order chi connectivity index (χ0) is 25.6. The molecule has 0 amide bonds. The van der Waals surface area contributed by atoms with Crippen LogP contribution in [0.1, 0.15) is 34.6 Å². The van der Waals surface area contributed by atoms with E-state index in [0.717, 1.165) is 0 Å². The lowest BCUT2D eigenvalue weighted by atomic mass is 9.98. The van der Waals surface area contributed by atoms with Crippen LogP contribution in [0.4, 0.5) is 0 Å². The maximum atomic E-state index is 10.2. The highest BCUT2D eigenvalue weighted by molar-refractivity contribution is 5.30. The van der Waals surface area contributed by atoms with Gasteiger partial charge in [0.2, 0.25) is 5.79 Å². The molecule has 9 heteroatoms. The smallest absolute Gasteiger partial charge is 0.237 e. The van der Waals surface area contributed by atoms with Gasteiger partial charge in [-0.15, -0.1) is 6.58 Å². The second-order valence-electron chi connectivity index (χ2n) is 6.14. The van der Waals surface area contributed by atoms with E-state index in [4.69, 9.17) is 19.3 Å². The van der Waals surface area contributed by atoms with Gasteiger partial charge in [0, 0.05) is 13.2 Å². The van der Waals surface area contributed by atoms with E-state index in [1.54, 1.807) is 39.1 Å². The average Bonchev–Trinajstić information content (AvgIpc) is 2.77. The van der Waals surface area contributed by atoms with E-state index in [1.807, 2.05) is 34.9 Å². The number of benzene rings is 1. The normalized spacial score (nSPS) is 21.2. The summed E-state index contributed by atoms with van der Waals surface area (Å²) < 4.78 is 16.0. The molecule has 1 aliphatic rings. The number of phenolic OH excluding ortho intramolecular Hbond substituents is 1. The van der Waals surface area contributed by atoms with E-state index >= 15 is 0 Å². The predicted molar refractivity (Wildman–Crippen MR) is 129 cm³/mol. The number of allylic oxidation sites excluding steroid dienone is 1. The van der Waals surface area contributed by atoms with Crippen LogP contribution in [-0.4, -0.2) is 85.6 Å². The summed E-state index contributed by atoms with van der Waals surface area (Å²) in [5.41, 5.74) is 0. The minimum atomic E-state index is -1.82. The van der Waals surface area contributed by atoms with Gasteiger partial charge in [0.1, 0.15) is 11.5 Å². The molecule has 1 aliphatic heterocycles. The fourth-order valence-corrected chi connectivity index (χ4v) is 1.99. The minimum Gasteiger partial charge on any atom is -0.508 e. The number of hydrogen-bond donors (Lipinski definition) is 6. The molecule has 1 heterocycles. The number of hydrogen-bond acceptors (Lipinski definition) is 9. The molecule has 1 saturated heterocycles. The number of rotatable bonds is 7. The van der Waals surface area contributed by atoms with Gasteiger partial charge in [0.25, 0.3) is 0 Å². The van der Waals surface area contributed by atoms with Crippen LogP contribution >= 0.6 is 0 Å². The Bertz CT molecular complexity index is 530. The standard InChI is InChI=1S/C14H21NO6.C3H6.C2H7N.C2H6O.C2H6/c1-9(20-11-5-3-10(16)4-6-11)14(18)12(17)13(21-14)19-8-7-15-2;2*1-3-2;1-2-3;1-2/h3-6,9,12-13,15-18H,7-8H2,1-2H3;3H,1H2,2H3;3H,1-2H3;3H,2H2,1H3;1-2H3/t9?,12-,13?,14?;;;;/m1..../s1. The third-order valence-corrected chi connectivity index (χ3v) is 3.35. The lowest BCUT2D eigenvalue weighted by Gasteiger charge is -2.49. The second-order valence-corrected chi connectivity index (χ2v) is 6.14. The van der Waals surface area contributed by atoms with Crippen LogP contribution < -0.4 is 15.4 Å². The first-order valence-electron chi connectivity index (χ1n) is 10.8. The highest BCUT2D eigenvalue weighted by Crippen LogP contribution is 2.36. The van der Waals surface area contributed by atoms with Crippen molar-refractivity contribution in [2.75, 3.05) is 40.9 Å². The zero-order valence-corrected chi connectivity index (χ0v) is 21.0. The molecule has 9 nitrogen and oxygen atoms in total. The van der Waals surface area contributed by atoms with E-state index in [0.29, 0.717) is 18.9 Å². The molecule has 3 unspecified atom stereocenters. The van der Waals surface area contributed by atoms with Gasteiger partial charge in [-0.1, -0.05) is 19.9 Å². The molecule has 1 aromatic carbocycles. The molecule has 1 aromatic rings. The van der Waals surface area contributed by atoms with E-state index in [-0.39, 0.29) is 12.4 Å². The molecule has 0 bridgehead atoms. The SMILES string of the molecule is C=CC.CC.CCO.CNC.CNCCOC1OC(O)(C(C)Oc2ccc(O)cc2)[C@@H]1O. The summed E-state index contributed by atoms with van der Waals surface area (Å²) in [6.07, 6.45) is -1.11. The van der Waals surface area contributed by atoms with Gasteiger partial charge in [-0.3, -0.25) is 0 Å². The van der Waals surface area contributed by atoms with Crippen molar-refractivity contribution in [2.24, 2.45) is 0 Å². The Kier molecular flexibility index (Phi) is 24.5. The summed E-state index contributed by atoms with van der Waals surface area (Å²) in [5.74, 6) is -1.25. The van der Waals surface area contributed by atoms with Crippen LogP contribution in [0.5, 0.6) is 11.5 Å². The van der Waals surface area contributed by atoms with Crippen molar-refractivity contribution in [1.82, 2.24) is 10.6 Å². The van der Waals surface area contributed by atoms with Crippen LogP contribution in [-0.2, 0) is 9.47 Å². The summed E-state index contributed by atoms with van der Waals surface area (Å²) in [7, 11) is 5.53. The van der Waals surface area contributed by atoms with Gasteiger partial charge in [-0.25, -0.2) is 0 Å². The average molecular weight is 463 g/mol. The van der Waals surface area contributed by atoms with Crippen LogP contribution in [0.3, 0.4) is 0 Å². The number of nitrogens with one attached hydrogen (secondary N) is 2. The van der Waals surface area contributed by atoms with Crippen molar-refractivity contribution >= 4 is 0 Å². The van der Waals surface area contributed by atoms with Gasteiger partial charge in [0.05, 0.1) is 6.61 Å². The molecule has 0 saturated carbocycles. The number of likely N-dealkylation sites (N-methyl/N-ethyl adjacent to an activating group) is 1. The summed E-state index contributed by atoms with van der Waals surface area (Å²) in [4.78, 5) is 0. The maximum absolute atomic E-state index is 10.2. The first kappa shape index (κ1) is 34.9. The Morgan fingerprint density at radius 1 is 1.22 bits per heavy atom. The zero-order valence-electron chi connectivity index (χ0n) is 21.0. The van der Waals surface area contributed by atoms with Crippen LogP contribution in [0.25, 0.3) is 0 Å². The van der Waals surface area contributed by atoms with Crippen molar-refractivity contribution in [1.29, 1.82) is 0 Å². The first-order chi connectivity index (χ1) is 15.2. The predicted octanol–water partition coefficient (Wildman–Crippen LogP) is 1.85. The monoisotopic (exact) mass is 462 g/mol. The Hall–Kier alpha value is -1.72. The van der Waals surface area contributed by atoms with E-state index in [2.05, 4.69) is 17.2 Å². The summed E-state index contributed by atoms with van der Waals surface area (Å²) in [6, 6.07) is 6.05. The largest absolute Gasteiger partial charge is 0.508 e. The van der Waals surface area contributed by atoms with Gasteiger partial charge in [0.15, 0.2) is 18.5 Å². The summed E-state index contributed by atoms with van der Waals surface area (Å²) >= 11 is 0. The molecule has 0 aliphatic carbocycles. The van der Waals surface area contributed by atoms with Crippen LogP contribution in [0, 0.1) is 0 Å². The quantitative estimate of drug-likeness (QED) is 0.265. The van der Waals surface area contributed by atoms with Crippen LogP contribution in [0.2, 0.25) is 0 Å². The molecule has 4 atom stereocenters. The number of aliphatic hydroxyl groups excluding tert-OH is 2. The van der Waals surface area contributed by atoms with E-state index < -0.39 is 24.3 Å². The summed E-state index contributed by atoms with van der Waals surface area (Å²) in [6.45, 7) is 13.7. The number of ether oxygens (including phenoxy) is 3. The van der Waals surface area contributed by atoms with Crippen LogP contribution in [0.15, 0.2) is 36.9 Å². The Morgan fingerprint density at radius 3 is 2.03 bits per heavy atom. The Morgan fingerprint density at radius 2 is 1.66 bits per heavy atom. The fourth-order valence-electron chi connectivity index (χ4n) is 1.99. The second kappa shape index (κ2) is 22.5. The molecule has 0 radical (unpaired) electrons. The molecule has 0 aromatic heterocycles. The van der Waals surface area contributed by atoms with Gasteiger partial charge in [-0.05, 0) is 66.2 Å². The highest BCUT2D eigenvalue weighted by atomic mass is 16.8. The third kappa shape index (κ3) is 14.4. The molecule has 6 N–H and O–H groups in total. The summed E-state index contributed by atoms with van der Waals surface area (Å²) in [5, 5.41) is 42.6. The maximum Gasteiger partial charge on any atom is 0.237 e. The molecule has 32 heavy (non-hydrogen) atoms. The number of aromatic hydroxyl groups is 1. The molecule has 1 fully saturated rings. The minimum absolute atomic E-state index is 0.117. The van der Waals surface area contributed by atoms with Gasteiger partial charge in [-0.2, -0.15) is 0 Å². The van der Waals surface area contributed by atoms with Gasteiger partial charge < -0.3 is 45.3 Å². The topological polar surface area (TPSA) is 133 Å². The van der Waals surface area contributed by atoms with Crippen molar-refractivity contribution in [3.05, 3.63) is 36.9 Å². The molecule has 0 spiro atoms. The van der Waals surface area contributed by atoms with E-state index in [1.165, 1.54) is 12.1 Å². The van der Waals surface area contributed by atoms with Gasteiger partial charge >= 0.3 is 0 Å². The molecule has 2 rings (SSSR count). The molecular formula is C23H46N2O7. The first-order valence-corrected chi connectivity index (χ1v) is 10.8. The van der Waals surface area contributed by atoms with Crippen molar-refractivity contribution in [3.8, 4) is 11.5 Å². The van der Waals surface area contributed by atoms with E-state index in [9.17, 15) is 15.3 Å². The number of aliphatic hydroxyl groups is 3. The van der Waals surface area contributed by atoms with Crippen molar-refractivity contribution in [2.45, 2.75) is 58.9 Å². The van der Waals surface area contributed by atoms with Crippen molar-refractivity contribution in [3.63, 3.8) is 0 Å². The third-order valence-electron chi connectivity index (χ3n) is 3.35. The Balaban J connectivity index is -0.000000650. The lowest BCUT2D eigenvalue weighted by molar-refractivity contribution is -0.457. The highest BCUT2D eigenvalue weighted by Gasteiger charge is 2.59. The molecule has 190 valence electrons.